The van der Waals surface area contributed by atoms with Crippen LogP contribution in [0.5, 0.6) is 0 Å². The van der Waals surface area contributed by atoms with Gasteiger partial charge in [-0.25, -0.2) is 0 Å². The number of benzene rings is 2. The summed E-state index contributed by atoms with van der Waals surface area (Å²) in [6.07, 6.45) is 3.41. The molecule has 0 radical (unpaired) electrons. The average Bonchev–Trinajstić information content (AvgIpc) is 3.09. The van der Waals surface area contributed by atoms with E-state index in [0.29, 0.717) is 11.6 Å². The molecule has 0 saturated carbocycles. The Kier molecular flexibility index (Phi) is 9.04. The number of likely N-dealkylation sites (tertiary alicyclic amines) is 1. The van der Waals surface area contributed by atoms with Crippen LogP contribution >= 0.6 is 12.4 Å². The Labute approximate surface area is 190 Å². The van der Waals surface area contributed by atoms with E-state index in [-0.39, 0.29) is 23.8 Å². The third-order valence-electron chi connectivity index (χ3n) is 6.09. The zero-order chi connectivity index (χ0) is 20.2. The molecule has 0 aliphatic carbocycles. The van der Waals surface area contributed by atoms with Gasteiger partial charge in [0.1, 0.15) is 5.69 Å². The van der Waals surface area contributed by atoms with Crippen LogP contribution in [0.1, 0.15) is 28.9 Å². The normalized spacial score (nSPS) is 14.6. The van der Waals surface area contributed by atoms with Crippen LogP contribution in [0.25, 0.3) is 10.9 Å². The Morgan fingerprint density at radius 1 is 1.06 bits per heavy atom. The van der Waals surface area contributed by atoms with Crippen molar-refractivity contribution in [3.63, 3.8) is 0 Å². The first-order valence-electron chi connectivity index (χ1n) is 10.6. The summed E-state index contributed by atoms with van der Waals surface area (Å²) >= 11 is 0. The van der Waals surface area contributed by atoms with Gasteiger partial charge in [0.15, 0.2) is 0 Å². The summed E-state index contributed by atoms with van der Waals surface area (Å²) < 4.78 is 1.72. The molecule has 168 valence electrons. The molecule has 2 heterocycles. The largest absolute Gasteiger partial charge is 0.412 e. The zero-order valence-corrected chi connectivity index (χ0v) is 19.1. The predicted octanol–water partition coefficient (Wildman–Crippen LogP) is 3.20. The van der Waals surface area contributed by atoms with Crippen molar-refractivity contribution in [1.82, 2.24) is 19.6 Å². The van der Waals surface area contributed by atoms with Crippen molar-refractivity contribution in [1.29, 1.82) is 0 Å². The molecule has 7 heteroatoms. The number of carbonyl (C=O) groups excluding carboxylic acids is 1. The molecule has 4 rings (SSSR count). The molecule has 1 aliphatic heterocycles. The molecule has 31 heavy (non-hydrogen) atoms. The fourth-order valence-corrected chi connectivity index (χ4v) is 4.38. The van der Waals surface area contributed by atoms with E-state index in [2.05, 4.69) is 40.3 Å². The number of carbonyl (C=O) groups is 1. The molecular formula is C24H33ClN4O2. The molecular weight excluding hydrogens is 412 g/mol. The molecule has 1 saturated heterocycles. The summed E-state index contributed by atoms with van der Waals surface area (Å²) in [5.41, 5.74) is 2.96. The van der Waals surface area contributed by atoms with Crippen LogP contribution in [-0.2, 0) is 13.5 Å². The lowest BCUT2D eigenvalue weighted by Gasteiger charge is -2.34. The fourth-order valence-electron chi connectivity index (χ4n) is 4.38. The van der Waals surface area contributed by atoms with E-state index < -0.39 is 0 Å². The second-order valence-electron chi connectivity index (χ2n) is 8.20. The van der Waals surface area contributed by atoms with Crippen molar-refractivity contribution < 1.29 is 10.3 Å². The first-order valence-corrected chi connectivity index (χ1v) is 10.6. The highest BCUT2D eigenvalue weighted by Gasteiger charge is 2.25. The number of hydrogen-bond donors (Lipinski definition) is 0. The van der Waals surface area contributed by atoms with E-state index in [1.54, 1.807) is 4.68 Å². The van der Waals surface area contributed by atoms with E-state index in [1.807, 2.05) is 43.3 Å². The fraction of sp³-hybridized carbons (Fsp3) is 0.417. The lowest BCUT2D eigenvalue weighted by Crippen LogP contribution is -2.40. The average molecular weight is 445 g/mol. The van der Waals surface area contributed by atoms with Gasteiger partial charge in [0, 0.05) is 32.6 Å². The van der Waals surface area contributed by atoms with E-state index in [1.165, 1.54) is 5.56 Å². The number of rotatable bonds is 6. The Balaban J connectivity index is 0.00000171. The van der Waals surface area contributed by atoms with Gasteiger partial charge >= 0.3 is 0 Å². The van der Waals surface area contributed by atoms with E-state index >= 15 is 0 Å². The third-order valence-corrected chi connectivity index (χ3v) is 6.09. The molecule has 2 aromatic carbocycles. The minimum absolute atomic E-state index is 0. The van der Waals surface area contributed by atoms with Crippen LogP contribution in [0.4, 0.5) is 0 Å². The molecule has 0 unspecified atom stereocenters. The lowest BCUT2D eigenvalue weighted by atomic mass is 9.95. The van der Waals surface area contributed by atoms with Crippen LogP contribution in [-0.4, -0.2) is 64.2 Å². The SMILES string of the molecule is CN(CC1CCN(CCc2ccccc2)CC1)C(=O)c1c2ccccc2nn1C.Cl.O. The lowest BCUT2D eigenvalue weighted by molar-refractivity contribution is 0.0731. The number of halogens is 1. The smallest absolute Gasteiger partial charge is 0.272 e. The minimum Gasteiger partial charge on any atom is -0.412 e. The summed E-state index contributed by atoms with van der Waals surface area (Å²) in [5.74, 6) is 0.629. The molecule has 2 N–H and O–H groups in total. The highest BCUT2D eigenvalue weighted by atomic mass is 35.5. The minimum atomic E-state index is 0. The molecule has 0 spiro atoms. The van der Waals surface area contributed by atoms with Gasteiger partial charge in [-0.1, -0.05) is 48.5 Å². The molecule has 3 aromatic rings. The van der Waals surface area contributed by atoms with Crippen LogP contribution in [0.15, 0.2) is 54.6 Å². The summed E-state index contributed by atoms with van der Waals surface area (Å²) in [4.78, 5) is 17.5. The third kappa shape index (κ3) is 5.85. The molecule has 1 aromatic heterocycles. The monoisotopic (exact) mass is 444 g/mol. The van der Waals surface area contributed by atoms with E-state index in [4.69, 9.17) is 0 Å². The highest BCUT2D eigenvalue weighted by Crippen LogP contribution is 2.22. The van der Waals surface area contributed by atoms with Gasteiger partial charge < -0.3 is 15.3 Å². The Morgan fingerprint density at radius 2 is 1.71 bits per heavy atom. The van der Waals surface area contributed by atoms with E-state index in [9.17, 15) is 4.79 Å². The first-order chi connectivity index (χ1) is 14.1. The molecule has 1 aliphatic rings. The second kappa shape index (κ2) is 11.3. The highest BCUT2D eigenvalue weighted by molar-refractivity contribution is 6.04. The molecule has 6 nitrogen and oxygen atoms in total. The van der Waals surface area contributed by atoms with Gasteiger partial charge in [0.25, 0.3) is 5.91 Å². The van der Waals surface area contributed by atoms with Crippen molar-refractivity contribution >= 4 is 29.2 Å². The van der Waals surface area contributed by atoms with Crippen molar-refractivity contribution in [3.8, 4) is 0 Å². The number of fused-ring (bicyclic) bond motifs is 1. The van der Waals surface area contributed by atoms with E-state index in [0.717, 1.165) is 56.3 Å². The van der Waals surface area contributed by atoms with Crippen molar-refractivity contribution in [2.75, 3.05) is 33.2 Å². The predicted molar refractivity (Wildman–Crippen MR) is 128 cm³/mol. The van der Waals surface area contributed by atoms with Gasteiger partial charge in [-0.15, -0.1) is 12.4 Å². The Morgan fingerprint density at radius 3 is 2.42 bits per heavy atom. The van der Waals surface area contributed by atoms with Crippen molar-refractivity contribution in [3.05, 3.63) is 65.9 Å². The number of nitrogens with zero attached hydrogens (tertiary/aromatic N) is 4. The van der Waals surface area contributed by atoms with Gasteiger partial charge in [-0.05, 0) is 49.9 Å². The second-order valence-corrected chi connectivity index (χ2v) is 8.20. The van der Waals surface area contributed by atoms with Crippen molar-refractivity contribution in [2.45, 2.75) is 19.3 Å². The van der Waals surface area contributed by atoms with Gasteiger partial charge in [0.05, 0.1) is 5.52 Å². The number of piperidine rings is 1. The van der Waals surface area contributed by atoms with Crippen LogP contribution in [0, 0.1) is 5.92 Å². The van der Waals surface area contributed by atoms with Gasteiger partial charge in [0.2, 0.25) is 0 Å². The number of aryl methyl sites for hydroxylation is 1. The summed E-state index contributed by atoms with van der Waals surface area (Å²) in [7, 11) is 3.78. The van der Waals surface area contributed by atoms with Crippen LogP contribution < -0.4 is 0 Å². The number of amides is 1. The topological polar surface area (TPSA) is 72.9 Å². The quantitative estimate of drug-likeness (QED) is 0.586. The van der Waals surface area contributed by atoms with Crippen molar-refractivity contribution in [2.24, 2.45) is 13.0 Å². The summed E-state index contributed by atoms with van der Waals surface area (Å²) in [5, 5.41) is 5.41. The number of hydrogen-bond acceptors (Lipinski definition) is 3. The van der Waals surface area contributed by atoms with Crippen LogP contribution in [0.2, 0.25) is 0 Å². The van der Waals surface area contributed by atoms with Gasteiger partial charge in [-0.2, -0.15) is 5.10 Å². The zero-order valence-electron chi connectivity index (χ0n) is 18.3. The van der Waals surface area contributed by atoms with Crippen LogP contribution in [0.3, 0.4) is 0 Å². The maximum Gasteiger partial charge on any atom is 0.272 e. The molecule has 0 bridgehead atoms. The molecule has 1 amide bonds. The maximum absolute atomic E-state index is 13.1. The Bertz CT molecular complexity index is 968. The summed E-state index contributed by atoms with van der Waals surface area (Å²) in [6.45, 7) is 4.17. The standard InChI is InChI=1S/C24H30N4O.ClH.H2O/c1-26(24(29)23-21-10-6-7-11-22(21)25-27(23)2)18-20-13-16-28(17-14-20)15-12-19-8-4-3-5-9-19;;/h3-11,20H,12-18H2,1-2H3;1H;1H2. The first kappa shape index (κ1) is 24.9. The molecule has 1 fully saturated rings. The summed E-state index contributed by atoms with van der Waals surface area (Å²) in [6, 6.07) is 18.6. The number of aromatic nitrogens is 2. The van der Waals surface area contributed by atoms with Gasteiger partial charge in [-0.3, -0.25) is 9.48 Å². The molecule has 0 atom stereocenters. The Hall–Kier alpha value is -2.41. The maximum atomic E-state index is 13.1.